The minimum atomic E-state index is -0.0196. The zero-order chi connectivity index (χ0) is 16.4. The van der Waals surface area contributed by atoms with E-state index in [0.29, 0.717) is 10.8 Å². The quantitative estimate of drug-likeness (QED) is 0.632. The largest absolute Gasteiger partial charge is 0.333 e. The van der Waals surface area contributed by atoms with Crippen molar-refractivity contribution in [1.82, 2.24) is 9.97 Å². The molecule has 1 amide bonds. The first-order valence-electron chi connectivity index (χ1n) is 6.84. The third-order valence-electron chi connectivity index (χ3n) is 3.36. The normalized spacial score (nSPS) is 10.9. The smallest absolute Gasteiger partial charge is 0.237 e. The van der Waals surface area contributed by atoms with E-state index in [2.05, 4.69) is 25.9 Å². The standard InChI is InChI=1S/C16H13BrClN3OS/c1-21(10-6-7-11(17)12(18)8-10)15(22)9-23-16-19-13-4-2-3-5-14(13)20-16/h2-8H,9H2,1H3,(H,19,20). The van der Waals surface area contributed by atoms with E-state index in [4.69, 9.17) is 11.6 Å². The molecule has 0 saturated heterocycles. The van der Waals surface area contributed by atoms with Gasteiger partial charge in [-0.15, -0.1) is 0 Å². The molecule has 1 aromatic heterocycles. The van der Waals surface area contributed by atoms with Crippen LogP contribution in [0.5, 0.6) is 0 Å². The zero-order valence-corrected chi connectivity index (χ0v) is 15.4. The van der Waals surface area contributed by atoms with Crippen molar-refractivity contribution >= 4 is 61.9 Å². The van der Waals surface area contributed by atoms with Crippen LogP contribution in [0, 0.1) is 0 Å². The van der Waals surface area contributed by atoms with Crippen molar-refractivity contribution in [3.63, 3.8) is 0 Å². The summed E-state index contributed by atoms with van der Waals surface area (Å²) in [5.74, 6) is 0.276. The number of rotatable bonds is 4. The molecule has 0 aliphatic rings. The van der Waals surface area contributed by atoms with Crippen LogP contribution < -0.4 is 4.90 Å². The van der Waals surface area contributed by atoms with Gasteiger partial charge in [-0.1, -0.05) is 35.5 Å². The van der Waals surface area contributed by atoms with Crippen molar-refractivity contribution in [2.75, 3.05) is 17.7 Å². The van der Waals surface area contributed by atoms with Crippen LogP contribution in [0.25, 0.3) is 11.0 Å². The Morgan fingerprint density at radius 1 is 1.35 bits per heavy atom. The molecule has 7 heteroatoms. The van der Waals surface area contributed by atoms with Crippen molar-refractivity contribution in [3.05, 3.63) is 52.0 Å². The lowest BCUT2D eigenvalue weighted by molar-refractivity contribution is -0.115. The summed E-state index contributed by atoms with van der Waals surface area (Å²) in [7, 11) is 1.74. The highest BCUT2D eigenvalue weighted by Crippen LogP contribution is 2.28. The predicted molar refractivity (Wildman–Crippen MR) is 99.4 cm³/mol. The Morgan fingerprint density at radius 2 is 2.13 bits per heavy atom. The summed E-state index contributed by atoms with van der Waals surface area (Å²) < 4.78 is 0.806. The lowest BCUT2D eigenvalue weighted by atomic mass is 10.3. The van der Waals surface area contributed by atoms with Crippen molar-refractivity contribution in [1.29, 1.82) is 0 Å². The Bertz CT molecular complexity index is 834. The molecule has 0 fully saturated rings. The highest BCUT2D eigenvalue weighted by molar-refractivity contribution is 9.10. The average Bonchev–Trinajstić information content (AvgIpc) is 2.97. The Hall–Kier alpha value is -1.50. The van der Waals surface area contributed by atoms with Gasteiger partial charge in [-0.25, -0.2) is 4.98 Å². The summed E-state index contributed by atoms with van der Waals surface area (Å²) in [6.07, 6.45) is 0. The number of aromatic amines is 1. The van der Waals surface area contributed by atoms with Gasteiger partial charge in [-0.05, 0) is 46.3 Å². The molecule has 0 saturated carbocycles. The fourth-order valence-corrected chi connectivity index (χ4v) is 3.28. The maximum absolute atomic E-state index is 12.3. The monoisotopic (exact) mass is 409 g/mol. The molecule has 0 radical (unpaired) electrons. The van der Waals surface area contributed by atoms with Gasteiger partial charge in [0.2, 0.25) is 5.91 Å². The van der Waals surface area contributed by atoms with E-state index < -0.39 is 0 Å². The molecule has 1 heterocycles. The van der Waals surface area contributed by atoms with Gasteiger partial charge in [-0.2, -0.15) is 0 Å². The van der Waals surface area contributed by atoms with Crippen molar-refractivity contribution in [3.8, 4) is 0 Å². The minimum Gasteiger partial charge on any atom is -0.333 e. The van der Waals surface area contributed by atoms with Gasteiger partial charge >= 0.3 is 0 Å². The van der Waals surface area contributed by atoms with Gasteiger partial charge in [0, 0.05) is 17.2 Å². The summed E-state index contributed by atoms with van der Waals surface area (Å²) in [5.41, 5.74) is 2.62. The molecular formula is C16H13BrClN3OS. The third-order valence-corrected chi connectivity index (χ3v) is 5.46. The van der Waals surface area contributed by atoms with Gasteiger partial charge in [0.25, 0.3) is 0 Å². The van der Waals surface area contributed by atoms with E-state index in [1.54, 1.807) is 18.0 Å². The van der Waals surface area contributed by atoms with Crippen LogP contribution in [-0.4, -0.2) is 28.7 Å². The second-order valence-corrected chi connectivity index (χ2v) is 7.12. The van der Waals surface area contributed by atoms with Gasteiger partial charge < -0.3 is 9.88 Å². The number of nitrogens with zero attached hydrogens (tertiary/aromatic N) is 2. The van der Waals surface area contributed by atoms with E-state index >= 15 is 0 Å². The number of hydrogen-bond donors (Lipinski definition) is 1. The Labute approximate surface area is 151 Å². The van der Waals surface area contributed by atoms with E-state index in [-0.39, 0.29) is 5.91 Å². The van der Waals surface area contributed by atoms with Crippen LogP contribution >= 0.6 is 39.3 Å². The SMILES string of the molecule is CN(C(=O)CSc1nc2ccccc2[nH]1)c1ccc(Br)c(Cl)c1. The van der Waals surface area contributed by atoms with Crippen molar-refractivity contribution in [2.45, 2.75) is 5.16 Å². The Morgan fingerprint density at radius 3 is 2.87 bits per heavy atom. The molecular weight excluding hydrogens is 398 g/mol. The number of carbonyl (C=O) groups excluding carboxylic acids is 1. The number of fused-ring (bicyclic) bond motifs is 1. The molecule has 118 valence electrons. The number of H-pyrrole nitrogens is 1. The van der Waals surface area contributed by atoms with E-state index in [0.717, 1.165) is 26.3 Å². The number of imidazole rings is 1. The molecule has 3 rings (SSSR count). The van der Waals surface area contributed by atoms with Crippen LogP contribution in [0.1, 0.15) is 0 Å². The third kappa shape index (κ3) is 3.71. The van der Waals surface area contributed by atoms with Crippen LogP contribution in [-0.2, 0) is 4.79 Å². The van der Waals surface area contributed by atoms with E-state index in [1.165, 1.54) is 11.8 Å². The fourth-order valence-electron chi connectivity index (χ4n) is 2.06. The molecule has 4 nitrogen and oxygen atoms in total. The lowest BCUT2D eigenvalue weighted by Crippen LogP contribution is -2.27. The molecule has 0 aliphatic carbocycles. The van der Waals surface area contributed by atoms with E-state index in [9.17, 15) is 4.79 Å². The average molecular weight is 411 g/mol. The molecule has 23 heavy (non-hydrogen) atoms. The lowest BCUT2D eigenvalue weighted by Gasteiger charge is -2.17. The van der Waals surface area contributed by atoms with Gasteiger partial charge in [-0.3, -0.25) is 4.79 Å². The summed E-state index contributed by atoms with van der Waals surface area (Å²) in [6.45, 7) is 0. The number of para-hydroxylation sites is 2. The minimum absolute atomic E-state index is 0.0196. The Balaban J connectivity index is 1.67. The number of anilines is 1. The zero-order valence-electron chi connectivity index (χ0n) is 12.2. The Kier molecular flexibility index (Phi) is 4.94. The molecule has 0 unspecified atom stereocenters. The molecule has 2 aromatic carbocycles. The number of nitrogens with one attached hydrogen (secondary N) is 1. The number of carbonyl (C=O) groups is 1. The van der Waals surface area contributed by atoms with Crippen molar-refractivity contribution in [2.24, 2.45) is 0 Å². The summed E-state index contributed by atoms with van der Waals surface area (Å²) in [6, 6.07) is 13.2. The molecule has 0 aliphatic heterocycles. The van der Waals surface area contributed by atoms with Crippen LogP contribution in [0.2, 0.25) is 5.02 Å². The topological polar surface area (TPSA) is 49.0 Å². The maximum Gasteiger partial charge on any atom is 0.237 e. The van der Waals surface area contributed by atoms with Crippen molar-refractivity contribution < 1.29 is 4.79 Å². The molecule has 1 N–H and O–H groups in total. The number of aromatic nitrogens is 2. The second-order valence-electron chi connectivity index (χ2n) is 4.90. The number of thioether (sulfide) groups is 1. The molecule has 0 atom stereocenters. The maximum atomic E-state index is 12.3. The van der Waals surface area contributed by atoms with Gasteiger partial charge in [0.15, 0.2) is 5.16 Å². The second kappa shape index (κ2) is 6.95. The van der Waals surface area contributed by atoms with Crippen LogP contribution in [0.3, 0.4) is 0 Å². The number of amides is 1. The van der Waals surface area contributed by atoms with Gasteiger partial charge in [0.1, 0.15) is 0 Å². The number of benzene rings is 2. The number of halogens is 2. The summed E-state index contributed by atoms with van der Waals surface area (Å²) in [5, 5.41) is 1.31. The fraction of sp³-hybridized carbons (Fsp3) is 0.125. The molecule has 0 spiro atoms. The molecule has 3 aromatic rings. The molecule has 0 bridgehead atoms. The van der Waals surface area contributed by atoms with Gasteiger partial charge in [0.05, 0.1) is 21.8 Å². The summed E-state index contributed by atoms with van der Waals surface area (Å²) >= 11 is 10.8. The highest BCUT2D eigenvalue weighted by atomic mass is 79.9. The van der Waals surface area contributed by atoms with Crippen LogP contribution in [0.15, 0.2) is 52.1 Å². The van der Waals surface area contributed by atoms with E-state index in [1.807, 2.05) is 36.4 Å². The first kappa shape index (κ1) is 16.4. The first-order valence-corrected chi connectivity index (χ1v) is 8.99. The van der Waals surface area contributed by atoms with Crippen LogP contribution in [0.4, 0.5) is 5.69 Å². The predicted octanol–water partition coefficient (Wildman–Crippen LogP) is 4.73. The number of hydrogen-bond acceptors (Lipinski definition) is 3. The first-order chi connectivity index (χ1) is 11.0. The summed E-state index contributed by atoms with van der Waals surface area (Å²) in [4.78, 5) is 21.6. The highest BCUT2D eigenvalue weighted by Gasteiger charge is 2.14.